The molecule has 4 aliphatic heterocycles. The number of hydrogen-bond donors (Lipinski definition) is 3. The number of carbonyl (C=O) groups is 4. The summed E-state index contributed by atoms with van der Waals surface area (Å²) in [5, 5.41) is 32.6. The van der Waals surface area contributed by atoms with E-state index in [4.69, 9.17) is 5.26 Å². The van der Waals surface area contributed by atoms with Gasteiger partial charge in [0.2, 0.25) is 17.7 Å². The third kappa shape index (κ3) is 7.21. The average molecular weight is 608 g/mol. The second-order valence-electron chi connectivity index (χ2n) is 11.3. The van der Waals surface area contributed by atoms with Crippen molar-refractivity contribution in [3.63, 3.8) is 0 Å². The minimum Gasteiger partial charge on any atom is -0.477 e. The summed E-state index contributed by atoms with van der Waals surface area (Å²) in [6.07, 6.45) is 3.62. The number of likely N-dealkylation sites (tertiary alicyclic amines) is 1. The number of fused-ring (bicyclic) bond motifs is 1. The van der Waals surface area contributed by atoms with Gasteiger partial charge in [-0.3, -0.25) is 14.4 Å². The molecule has 3 fully saturated rings. The lowest BCUT2D eigenvalue weighted by molar-refractivity contribution is -0.163. The van der Waals surface area contributed by atoms with Crippen LogP contribution in [0.3, 0.4) is 0 Å². The van der Waals surface area contributed by atoms with Crippen molar-refractivity contribution in [3.05, 3.63) is 10.6 Å². The molecule has 11 nitrogen and oxygen atoms in total. The lowest BCUT2D eigenvalue weighted by Crippen LogP contribution is -2.63. The van der Waals surface area contributed by atoms with Crippen LogP contribution in [0.15, 0.2) is 10.6 Å². The topological polar surface area (TPSA) is 154 Å². The fourth-order valence-corrected chi connectivity index (χ4v) is 8.83. The number of nitriles is 1. The third-order valence-electron chi connectivity index (χ3n) is 8.45. The van der Waals surface area contributed by atoms with Gasteiger partial charge in [-0.1, -0.05) is 6.92 Å². The van der Waals surface area contributed by atoms with E-state index in [2.05, 4.69) is 11.4 Å². The molecule has 3 N–H and O–H groups in total. The molecule has 3 saturated heterocycles. The van der Waals surface area contributed by atoms with E-state index in [1.165, 1.54) is 21.6 Å². The standard InChI is InChI=1S/C28H41N5O6S2/c1-17-24-23(18(2)34)27(37)33(24)25(28(38)39)26(17)41-20-13-19(30-14-20)16-40-12-7-21(35)32(11-6-8-29)15-22(36)31-9-4-3-5-10-31/h17-20,23-24,30,34H,3-7,9-16H2,1-2H3,(H,38,39)/t17-,18-,19+,20+,23-,24-/m1/s1. The molecule has 0 spiro atoms. The van der Waals surface area contributed by atoms with Crippen LogP contribution in [0, 0.1) is 23.2 Å². The maximum absolute atomic E-state index is 12.9. The van der Waals surface area contributed by atoms with Gasteiger partial charge in [0, 0.05) is 66.2 Å². The molecule has 3 amide bonds. The van der Waals surface area contributed by atoms with Crippen LogP contribution < -0.4 is 5.32 Å². The van der Waals surface area contributed by atoms with Crippen LogP contribution in [0.1, 0.15) is 52.4 Å². The Morgan fingerprint density at radius 1 is 1.24 bits per heavy atom. The molecule has 0 unspecified atom stereocenters. The molecule has 4 rings (SSSR count). The molecule has 6 atom stereocenters. The maximum Gasteiger partial charge on any atom is 0.353 e. The number of thioether (sulfide) groups is 2. The van der Waals surface area contributed by atoms with E-state index in [1.807, 2.05) is 11.8 Å². The number of nitrogens with one attached hydrogen (secondary N) is 1. The summed E-state index contributed by atoms with van der Waals surface area (Å²) >= 11 is 3.19. The molecule has 4 heterocycles. The maximum atomic E-state index is 12.9. The van der Waals surface area contributed by atoms with Crippen molar-refractivity contribution in [1.82, 2.24) is 20.0 Å². The van der Waals surface area contributed by atoms with Crippen molar-refractivity contribution in [1.29, 1.82) is 5.26 Å². The zero-order valence-corrected chi connectivity index (χ0v) is 25.4. The Bertz CT molecular complexity index is 1090. The second-order valence-corrected chi connectivity index (χ2v) is 13.8. The number of aliphatic hydroxyl groups excluding tert-OH is 1. The average Bonchev–Trinajstić information content (AvgIpc) is 3.49. The largest absolute Gasteiger partial charge is 0.477 e. The van der Waals surface area contributed by atoms with Crippen molar-refractivity contribution in [2.75, 3.05) is 44.2 Å². The predicted molar refractivity (Wildman–Crippen MR) is 157 cm³/mol. The molecule has 0 aromatic heterocycles. The lowest BCUT2D eigenvalue weighted by Gasteiger charge is -2.46. The minimum atomic E-state index is -1.11. The minimum absolute atomic E-state index is 0.0305. The van der Waals surface area contributed by atoms with E-state index in [0.717, 1.165) is 51.1 Å². The van der Waals surface area contributed by atoms with Crippen LogP contribution >= 0.6 is 23.5 Å². The third-order valence-corrected chi connectivity index (χ3v) is 11.1. The first-order valence-electron chi connectivity index (χ1n) is 14.5. The Hall–Kier alpha value is -2.27. The Kier molecular flexibility index (Phi) is 11.0. The van der Waals surface area contributed by atoms with E-state index >= 15 is 0 Å². The normalized spacial score (nSPS) is 28.2. The molecule has 226 valence electrons. The van der Waals surface area contributed by atoms with Crippen LogP contribution in [0.25, 0.3) is 0 Å². The van der Waals surface area contributed by atoms with Gasteiger partial charge < -0.3 is 30.2 Å². The molecule has 0 aromatic rings. The number of hydrogen-bond acceptors (Lipinski definition) is 9. The fraction of sp³-hybridized carbons (Fsp3) is 0.750. The first-order chi connectivity index (χ1) is 19.6. The highest BCUT2D eigenvalue weighted by Gasteiger charge is 2.60. The molecule has 4 aliphatic rings. The van der Waals surface area contributed by atoms with Crippen LogP contribution in [0.5, 0.6) is 0 Å². The van der Waals surface area contributed by atoms with Gasteiger partial charge in [-0.05, 0) is 32.6 Å². The van der Waals surface area contributed by atoms with Gasteiger partial charge in [0.25, 0.3) is 0 Å². The number of aliphatic carboxylic acids is 1. The Balaban J connectivity index is 1.22. The number of piperidine rings is 1. The van der Waals surface area contributed by atoms with Crippen molar-refractivity contribution >= 4 is 47.2 Å². The highest BCUT2D eigenvalue weighted by Crippen LogP contribution is 2.51. The molecule has 0 bridgehead atoms. The number of nitrogens with zero attached hydrogens (tertiary/aromatic N) is 4. The van der Waals surface area contributed by atoms with Crippen LogP contribution in [0.4, 0.5) is 0 Å². The van der Waals surface area contributed by atoms with Gasteiger partial charge in [-0.2, -0.15) is 17.0 Å². The summed E-state index contributed by atoms with van der Waals surface area (Å²) < 4.78 is 0. The number of β-lactam (4-membered cyclic amide) rings is 1. The summed E-state index contributed by atoms with van der Waals surface area (Å²) in [7, 11) is 0. The van der Waals surface area contributed by atoms with Crippen LogP contribution in [0.2, 0.25) is 0 Å². The number of aliphatic hydroxyl groups is 1. The lowest BCUT2D eigenvalue weighted by atomic mass is 9.79. The van der Waals surface area contributed by atoms with E-state index in [0.29, 0.717) is 17.1 Å². The summed E-state index contributed by atoms with van der Waals surface area (Å²) in [4.78, 5) is 55.6. The molecule has 0 aromatic carbocycles. The van der Waals surface area contributed by atoms with Crippen molar-refractivity contribution in [2.45, 2.75) is 75.8 Å². The predicted octanol–water partition coefficient (Wildman–Crippen LogP) is 1.48. The highest BCUT2D eigenvalue weighted by molar-refractivity contribution is 8.03. The van der Waals surface area contributed by atoms with E-state index in [1.54, 1.807) is 18.7 Å². The first-order valence-corrected chi connectivity index (χ1v) is 16.6. The molecule has 0 radical (unpaired) electrons. The van der Waals surface area contributed by atoms with E-state index < -0.39 is 18.0 Å². The van der Waals surface area contributed by atoms with E-state index in [-0.39, 0.29) is 66.2 Å². The molecular weight excluding hydrogens is 566 g/mol. The smallest absolute Gasteiger partial charge is 0.353 e. The zero-order valence-electron chi connectivity index (χ0n) is 23.8. The Labute approximate surface area is 250 Å². The first kappa shape index (κ1) is 31.7. The number of amides is 3. The molecule has 0 saturated carbocycles. The second kappa shape index (κ2) is 14.3. The summed E-state index contributed by atoms with van der Waals surface area (Å²) in [6.45, 7) is 5.99. The zero-order chi connectivity index (χ0) is 29.7. The van der Waals surface area contributed by atoms with Gasteiger partial charge in [-0.25, -0.2) is 4.79 Å². The summed E-state index contributed by atoms with van der Waals surface area (Å²) in [5.41, 5.74) is 0.0606. The van der Waals surface area contributed by atoms with Crippen molar-refractivity contribution < 1.29 is 29.4 Å². The van der Waals surface area contributed by atoms with Crippen LogP contribution in [-0.2, 0) is 19.2 Å². The monoisotopic (exact) mass is 607 g/mol. The number of rotatable bonds is 13. The van der Waals surface area contributed by atoms with Gasteiger partial charge in [0.05, 0.1) is 37.1 Å². The Morgan fingerprint density at radius 3 is 2.63 bits per heavy atom. The fourth-order valence-electron chi connectivity index (χ4n) is 6.28. The summed E-state index contributed by atoms with van der Waals surface area (Å²) in [6, 6.07) is 1.98. The molecule has 13 heteroatoms. The molecule has 41 heavy (non-hydrogen) atoms. The molecular formula is C28H41N5O6S2. The number of carboxylic acid groups (broad SMARTS) is 1. The van der Waals surface area contributed by atoms with Gasteiger partial charge in [-0.15, -0.1) is 11.8 Å². The summed E-state index contributed by atoms with van der Waals surface area (Å²) in [5.74, 6) is -0.880. The Morgan fingerprint density at radius 2 is 1.98 bits per heavy atom. The SMILES string of the molecule is C[C@@H](O)[C@H]1C(=O)N2C(C(=O)O)=C(S[C@@H]3CN[C@H](CSCCC(=O)N(CCC#N)CC(=O)N4CCCCC4)C3)[C@H](C)[C@H]12. The van der Waals surface area contributed by atoms with Crippen molar-refractivity contribution in [2.24, 2.45) is 11.8 Å². The van der Waals surface area contributed by atoms with E-state index in [9.17, 15) is 29.4 Å². The van der Waals surface area contributed by atoms with Crippen molar-refractivity contribution in [3.8, 4) is 6.07 Å². The van der Waals surface area contributed by atoms with Gasteiger partial charge >= 0.3 is 5.97 Å². The van der Waals surface area contributed by atoms with Gasteiger partial charge in [0.15, 0.2) is 0 Å². The highest BCUT2D eigenvalue weighted by atomic mass is 32.2. The van der Waals surface area contributed by atoms with Crippen LogP contribution in [-0.4, -0.2) is 116 Å². The van der Waals surface area contributed by atoms with Gasteiger partial charge in [0.1, 0.15) is 5.70 Å². The molecule has 0 aliphatic carbocycles. The number of carbonyl (C=O) groups excluding carboxylic acids is 3. The quantitative estimate of drug-likeness (QED) is 0.207. The number of carboxylic acids is 1.